The van der Waals surface area contributed by atoms with E-state index in [9.17, 15) is 13.2 Å². The van der Waals surface area contributed by atoms with Gasteiger partial charge in [-0.15, -0.1) is 0 Å². The molecular weight excluding hydrogens is 352 g/mol. The Labute approximate surface area is 153 Å². The van der Waals surface area contributed by atoms with Gasteiger partial charge in [0.05, 0.1) is 17.9 Å². The summed E-state index contributed by atoms with van der Waals surface area (Å²) in [6, 6.07) is 12.9. The third-order valence-electron chi connectivity index (χ3n) is 3.87. The van der Waals surface area contributed by atoms with Crippen molar-refractivity contribution in [2.24, 2.45) is 0 Å². The zero-order valence-electron chi connectivity index (χ0n) is 14.6. The molecule has 0 fully saturated rings. The van der Waals surface area contributed by atoms with Crippen LogP contribution in [0, 0.1) is 0 Å². The number of hydrogen-bond donors (Lipinski definition) is 1. The molecule has 2 aromatic rings. The Bertz CT molecular complexity index is 949. The zero-order chi connectivity index (χ0) is 18.7. The van der Waals surface area contributed by atoms with Gasteiger partial charge in [-0.1, -0.05) is 29.8 Å². The van der Waals surface area contributed by atoms with Crippen LogP contribution < -0.4 is 14.4 Å². The molecule has 0 aromatic heterocycles. The highest BCUT2D eigenvalue weighted by molar-refractivity contribution is 7.87. The minimum absolute atomic E-state index is 0.00975. The van der Waals surface area contributed by atoms with Crippen LogP contribution in [0.5, 0.6) is 5.75 Å². The Hall–Kier alpha value is -2.80. The molecule has 0 radical (unpaired) electrons. The molecule has 6 nitrogen and oxygen atoms in total. The summed E-state index contributed by atoms with van der Waals surface area (Å²) in [4.78, 5) is 13.9. The first-order valence-electron chi connectivity index (χ1n) is 8.17. The number of anilines is 2. The van der Waals surface area contributed by atoms with Crippen molar-refractivity contribution in [2.75, 3.05) is 23.3 Å². The standard InChI is InChI=1S/C19H20N2O4S/c1-14(2)10-11-21-13-19(22)20-17-12-16(8-9-18(17)21)26(23,24)25-15-6-4-3-5-7-15/h3-10,12H,11,13H2,1-2H3,(H,20,22). The van der Waals surface area contributed by atoms with E-state index in [1.807, 2.05) is 24.8 Å². The molecule has 0 spiro atoms. The van der Waals surface area contributed by atoms with Crippen LogP contribution in [0.1, 0.15) is 13.8 Å². The van der Waals surface area contributed by atoms with E-state index in [2.05, 4.69) is 5.32 Å². The maximum atomic E-state index is 12.5. The maximum absolute atomic E-state index is 12.5. The molecule has 26 heavy (non-hydrogen) atoms. The van der Waals surface area contributed by atoms with E-state index >= 15 is 0 Å². The van der Waals surface area contributed by atoms with Gasteiger partial charge < -0.3 is 14.4 Å². The van der Waals surface area contributed by atoms with E-state index in [-0.39, 0.29) is 23.1 Å². The molecule has 1 amide bonds. The molecule has 1 aliphatic heterocycles. The summed E-state index contributed by atoms with van der Waals surface area (Å²) in [6.45, 7) is 4.78. The zero-order valence-corrected chi connectivity index (χ0v) is 15.4. The first-order valence-corrected chi connectivity index (χ1v) is 9.58. The highest BCUT2D eigenvalue weighted by atomic mass is 32.2. The topological polar surface area (TPSA) is 75.7 Å². The maximum Gasteiger partial charge on any atom is 0.339 e. The number of carbonyl (C=O) groups is 1. The molecule has 1 N–H and O–H groups in total. The number of nitrogens with zero attached hydrogens (tertiary/aromatic N) is 1. The van der Waals surface area contributed by atoms with Gasteiger partial charge >= 0.3 is 10.1 Å². The molecule has 3 rings (SSSR count). The number of carbonyl (C=O) groups excluding carboxylic acids is 1. The summed E-state index contributed by atoms with van der Waals surface area (Å²) in [7, 11) is -3.99. The molecule has 0 aliphatic carbocycles. The van der Waals surface area contributed by atoms with Crippen LogP contribution >= 0.6 is 0 Å². The summed E-state index contributed by atoms with van der Waals surface area (Å²) < 4.78 is 30.2. The third kappa shape index (κ3) is 4.05. The van der Waals surface area contributed by atoms with E-state index in [1.54, 1.807) is 36.4 Å². The second-order valence-corrected chi connectivity index (χ2v) is 7.79. The lowest BCUT2D eigenvalue weighted by atomic mass is 10.2. The quantitative estimate of drug-likeness (QED) is 0.644. The largest absolute Gasteiger partial charge is 0.379 e. The Kier molecular flexibility index (Phi) is 4.99. The Morgan fingerprint density at radius 1 is 1.19 bits per heavy atom. The lowest BCUT2D eigenvalue weighted by Gasteiger charge is -2.30. The normalized spacial score (nSPS) is 13.6. The van der Waals surface area contributed by atoms with Crippen LogP contribution in [0.4, 0.5) is 11.4 Å². The van der Waals surface area contributed by atoms with Crippen LogP contribution in [0.2, 0.25) is 0 Å². The van der Waals surface area contributed by atoms with Crippen LogP contribution in [-0.2, 0) is 14.9 Å². The van der Waals surface area contributed by atoms with Crippen molar-refractivity contribution >= 4 is 27.4 Å². The van der Waals surface area contributed by atoms with E-state index in [0.717, 1.165) is 11.3 Å². The van der Waals surface area contributed by atoms with Gasteiger partial charge in [0.1, 0.15) is 10.6 Å². The van der Waals surface area contributed by atoms with E-state index in [4.69, 9.17) is 4.18 Å². The van der Waals surface area contributed by atoms with E-state index < -0.39 is 10.1 Å². The van der Waals surface area contributed by atoms with Gasteiger partial charge in [-0.25, -0.2) is 0 Å². The van der Waals surface area contributed by atoms with Crippen LogP contribution in [0.3, 0.4) is 0 Å². The molecule has 0 unspecified atom stereocenters. The molecular formula is C19H20N2O4S. The van der Waals surface area contributed by atoms with E-state index in [0.29, 0.717) is 12.2 Å². The Morgan fingerprint density at radius 2 is 1.92 bits per heavy atom. The van der Waals surface area contributed by atoms with Gasteiger partial charge in [0.15, 0.2) is 0 Å². The summed E-state index contributed by atoms with van der Waals surface area (Å²) >= 11 is 0. The number of allylic oxidation sites excluding steroid dienone is 1. The predicted octanol–water partition coefficient (Wildman–Crippen LogP) is 3.18. The Balaban J connectivity index is 1.91. The van der Waals surface area contributed by atoms with Gasteiger partial charge in [-0.3, -0.25) is 4.79 Å². The predicted molar refractivity (Wildman–Crippen MR) is 101 cm³/mol. The fraction of sp³-hybridized carbons (Fsp3) is 0.211. The Morgan fingerprint density at radius 3 is 2.62 bits per heavy atom. The van der Waals surface area contributed by atoms with Crippen molar-refractivity contribution in [3.8, 4) is 5.75 Å². The number of nitrogens with one attached hydrogen (secondary N) is 1. The number of hydrogen-bond acceptors (Lipinski definition) is 5. The summed E-state index contributed by atoms with van der Waals surface area (Å²) in [5.74, 6) is 0.0534. The fourth-order valence-corrected chi connectivity index (χ4v) is 3.56. The first kappa shape index (κ1) is 18.0. The molecule has 0 saturated carbocycles. The SMILES string of the molecule is CC(C)=CCN1CC(=O)Nc2cc(S(=O)(=O)Oc3ccccc3)ccc21. The van der Waals surface area contributed by atoms with Crippen molar-refractivity contribution in [3.63, 3.8) is 0 Å². The number of rotatable bonds is 5. The summed E-state index contributed by atoms with van der Waals surface area (Å²) in [5.41, 5.74) is 2.38. The second-order valence-electron chi connectivity index (χ2n) is 6.24. The van der Waals surface area contributed by atoms with Crippen molar-refractivity contribution in [1.82, 2.24) is 0 Å². The second kappa shape index (κ2) is 7.21. The third-order valence-corrected chi connectivity index (χ3v) is 5.12. The smallest absolute Gasteiger partial charge is 0.339 e. The minimum atomic E-state index is -3.99. The number of benzene rings is 2. The van der Waals surface area contributed by atoms with Gasteiger partial charge in [0, 0.05) is 6.54 Å². The van der Waals surface area contributed by atoms with Crippen molar-refractivity contribution in [3.05, 3.63) is 60.2 Å². The van der Waals surface area contributed by atoms with Crippen molar-refractivity contribution < 1.29 is 17.4 Å². The van der Waals surface area contributed by atoms with E-state index in [1.165, 1.54) is 12.1 Å². The molecule has 0 saturated heterocycles. The molecule has 1 aliphatic rings. The number of fused-ring (bicyclic) bond motifs is 1. The van der Waals surface area contributed by atoms with Gasteiger partial charge in [0.2, 0.25) is 5.91 Å². The molecule has 0 atom stereocenters. The first-order chi connectivity index (χ1) is 12.3. The molecule has 7 heteroatoms. The van der Waals surface area contributed by atoms with Crippen LogP contribution in [0.25, 0.3) is 0 Å². The highest BCUT2D eigenvalue weighted by Crippen LogP contribution is 2.32. The lowest BCUT2D eigenvalue weighted by molar-refractivity contribution is -0.115. The van der Waals surface area contributed by atoms with Crippen LogP contribution in [0.15, 0.2) is 65.1 Å². The number of para-hydroxylation sites is 1. The number of amides is 1. The minimum Gasteiger partial charge on any atom is -0.379 e. The van der Waals surface area contributed by atoms with Crippen molar-refractivity contribution in [1.29, 1.82) is 0 Å². The lowest BCUT2D eigenvalue weighted by Crippen LogP contribution is -2.38. The fourth-order valence-electron chi connectivity index (χ4n) is 2.60. The van der Waals surface area contributed by atoms with Crippen molar-refractivity contribution in [2.45, 2.75) is 18.7 Å². The average Bonchev–Trinajstić information content (AvgIpc) is 2.59. The van der Waals surface area contributed by atoms with Gasteiger partial charge in [-0.2, -0.15) is 8.42 Å². The van der Waals surface area contributed by atoms with Crippen LogP contribution in [-0.4, -0.2) is 27.4 Å². The molecule has 136 valence electrons. The van der Waals surface area contributed by atoms with Gasteiger partial charge in [0.25, 0.3) is 0 Å². The molecule has 2 aromatic carbocycles. The summed E-state index contributed by atoms with van der Waals surface area (Å²) in [6.07, 6.45) is 2.02. The summed E-state index contributed by atoms with van der Waals surface area (Å²) in [5, 5.41) is 2.73. The highest BCUT2D eigenvalue weighted by Gasteiger charge is 2.25. The monoisotopic (exact) mass is 372 g/mol. The van der Waals surface area contributed by atoms with Gasteiger partial charge in [-0.05, 0) is 44.2 Å². The molecule has 0 bridgehead atoms. The average molecular weight is 372 g/mol. The molecule has 1 heterocycles.